The van der Waals surface area contributed by atoms with Gasteiger partial charge in [-0.15, -0.1) is 0 Å². The van der Waals surface area contributed by atoms with Gasteiger partial charge in [0.05, 0.1) is 10.6 Å². The fourth-order valence-electron chi connectivity index (χ4n) is 1.57. The number of carbonyl (C=O) groups is 1. The third-order valence-electron chi connectivity index (χ3n) is 2.53. The van der Waals surface area contributed by atoms with Crippen LogP contribution in [0, 0.1) is 5.82 Å². The number of anilines is 1. The van der Waals surface area contributed by atoms with Gasteiger partial charge in [-0.2, -0.15) is 0 Å². The van der Waals surface area contributed by atoms with Gasteiger partial charge in [0, 0.05) is 5.54 Å². The summed E-state index contributed by atoms with van der Waals surface area (Å²) in [5, 5.41) is 10.4. The fourth-order valence-corrected chi connectivity index (χ4v) is 2.09. The molecule has 0 aliphatic carbocycles. The number of rotatable bonds is 4. The zero-order valence-electron chi connectivity index (χ0n) is 12.4. The van der Waals surface area contributed by atoms with E-state index in [0.29, 0.717) is 0 Å². The first-order valence-electron chi connectivity index (χ1n) is 6.31. The van der Waals surface area contributed by atoms with Crippen LogP contribution in [-0.2, 0) is 14.8 Å². The summed E-state index contributed by atoms with van der Waals surface area (Å²) in [6.45, 7) is 7.07. The summed E-state index contributed by atoms with van der Waals surface area (Å²) in [4.78, 5) is 11.6. The molecule has 1 unspecified atom stereocenters. The standard InChI is InChI=1S/C13H20FN3O3S/c1-8(12(18)17-13(2,3)4)16-11-6-5-9(7-10(11)14)21(15,19)20/h5-8,16H,1-4H3,(H,17,18)(H2,15,19,20). The normalized spacial score (nSPS) is 13.6. The summed E-state index contributed by atoms with van der Waals surface area (Å²) < 4.78 is 36.0. The topological polar surface area (TPSA) is 101 Å². The number of amides is 1. The molecule has 1 aromatic carbocycles. The molecule has 1 aromatic rings. The van der Waals surface area contributed by atoms with Gasteiger partial charge in [-0.05, 0) is 45.9 Å². The van der Waals surface area contributed by atoms with Crippen molar-refractivity contribution in [1.29, 1.82) is 0 Å². The molecular formula is C13H20FN3O3S. The lowest BCUT2D eigenvalue weighted by atomic mass is 10.1. The number of primary sulfonamides is 1. The van der Waals surface area contributed by atoms with E-state index in [4.69, 9.17) is 5.14 Å². The second kappa shape index (κ2) is 5.98. The first kappa shape index (κ1) is 17.4. The maximum absolute atomic E-state index is 13.8. The van der Waals surface area contributed by atoms with Gasteiger partial charge in [0.15, 0.2) is 0 Å². The van der Waals surface area contributed by atoms with Gasteiger partial charge in [-0.1, -0.05) is 0 Å². The molecule has 0 aliphatic heterocycles. The van der Waals surface area contributed by atoms with E-state index in [2.05, 4.69) is 10.6 Å². The molecule has 0 saturated carbocycles. The predicted octanol–water partition coefficient (Wildman–Crippen LogP) is 1.19. The summed E-state index contributed by atoms with van der Waals surface area (Å²) in [5.74, 6) is -1.09. The Labute approximate surface area is 124 Å². The number of hydrogen-bond donors (Lipinski definition) is 3. The highest BCUT2D eigenvalue weighted by Crippen LogP contribution is 2.19. The van der Waals surface area contributed by atoms with Crippen LogP contribution in [0.1, 0.15) is 27.7 Å². The zero-order valence-corrected chi connectivity index (χ0v) is 13.2. The molecule has 0 aliphatic rings. The van der Waals surface area contributed by atoms with Crippen molar-refractivity contribution in [2.45, 2.75) is 44.2 Å². The molecule has 0 heterocycles. The molecule has 0 radical (unpaired) electrons. The number of benzene rings is 1. The Hall–Kier alpha value is -1.67. The van der Waals surface area contributed by atoms with Crippen LogP contribution in [0.3, 0.4) is 0 Å². The van der Waals surface area contributed by atoms with Crippen molar-refractivity contribution in [3.63, 3.8) is 0 Å². The highest BCUT2D eigenvalue weighted by molar-refractivity contribution is 7.89. The van der Waals surface area contributed by atoms with Gasteiger partial charge in [0.2, 0.25) is 15.9 Å². The summed E-state index contributed by atoms with van der Waals surface area (Å²) in [5.41, 5.74) is -0.373. The molecular weight excluding hydrogens is 297 g/mol. The first-order valence-corrected chi connectivity index (χ1v) is 7.86. The number of hydrogen-bond acceptors (Lipinski definition) is 4. The highest BCUT2D eigenvalue weighted by Gasteiger charge is 2.20. The lowest BCUT2D eigenvalue weighted by Crippen LogP contribution is -2.47. The smallest absolute Gasteiger partial charge is 0.242 e. The SMILES string of the molecule is CC(Nc1ccc(S(N)(=O)=O)cc1F)C(=O)NC(C)(C)C. The molecule has 0 fully saturated rings. The number of halogens is 1. The van der Waals surface area contributed by atoms with Gasteiger partial charge >= 0.3 is 0 Å². The van der Waals surface area contributed by atoms with Crippen LogP contribution in [0.15, 0.2) is 23.1 Å². The van der Waals surface area contributed by atoms with Crippen LogP contribution < -0.4 is 15.8 Å². The fraction of sp³-hybridized carbons (Fsp3) is 0.462. The number of nitrogens with two attached hydrogens (primary N) is 1. The van der Waals surface area contributed by atoms with E-state index in [1.807, 2.05) is 20.8 Å². The van der Waals surface area contributed by atoms with Crippen molar-refractivity contribution in [2.75, 3.05) is 5.32 Å². The molecule has 1 atom stereocenters. The lowest BCUT2D eigenvalue weighted by Gasteiger charge is -2.24. The second-order valence-corrected chi connectivity index (χ2v) is 7.35. The van der Waals surface area contributed by atoms with Crippen LogP contribution >= 0.6 is 0 Å². The van der Waals surface area contributed by atoms with E-state index in [1.54, 1.807) is 6.92 Å². The van der Waals surface area contributed by atoms with Crippen molar-refractivity contribution >= 4 is 21.6 Å². The maximum Gasteiger partial charge on any atom is 0.242 e. The van der Waals surface area contributed by atoms with Crippen LogP contribution in [0.5, 0.6) is 0 Å². The molecule has 0 aromatic heterocycles. The molecule has 4 N–H and O–H groups in total. The Bertz CT molecular complexity index is 639. The van der Waals surface area contributed by atoms with E-state index in [-0.39, 0.29) is 16.5 Å². The van der Waals surface area contributed by atoms with Crippen LogP contribution in [0.25, 0.3) is 0 Å². The summed E-state index contributed by atoms with van der Waals surface area (Å²) in [6, 6.07) is 2.54. The van der Waals surface area contributed by atoms with Crippen molar-refractivity contribution in [1.82, 2.24) is 5.32 Å². The predicted molar refractivity (Wildman–Crippen MR) is 78.8 cm³/mol. The van der Waals surface area contributed by atoms with Crippen LogP contribution in [-0.4, -0.2) is 25.9 Å². The molecule has 0 spiro atoms. The minimum atomic E-state index is -3.96. The monoisotopic (exact) mass is 317 g/mol. The van der Waals surface area contributed by atoms with Crippen molar-refractivity contribution in [3.05, 3.63) is 24.0 Å². The number of sulfonamides is 1. The molecule has 1 rings (SSSR count). The van der Waals surface area contributed by atoms with Gasteiger partial charge in [0.25, 0.3) is 0 Å². The number of nitrogens with one attached hydrogen (secondary N) is 2. The minimum absolute atomic E-state index is 0.0268. The molecule has 0 bridgehead atoms. The maximum atomic E-state index is 13.8. The largest absolute Gasteiger partial charge is 0.372 e. The molecule has 8 heteroatoms. The third-order valence-corrected chi connectivity index (χ3v) is 3.44. The van der Waals surface area contributed by atoms with E-state index >= 15 is 0 Å². The quantitative estimate of drug-likeness (QED) is 0.776. The van der Waals surface area contributed by atoms with Crippen molar-refractivity contribution < 1.29 is 17.6 Å². The summed E-state index contributed by atoms with van der Waals surface area (Å²) in [6.07, 6.45) is 0. The lowest BCUT2D eigenvalue weighted by molar-refractivity contribution is -0.122. The van der Waals surface area contributed by atoms with Gasteiger partial charge < -0.3 is 10.6 Å². The van der Waals surface area contributed by atoms with Gasteiger partial charge in [0.1, 0.15) is 11.9 Å². The Morgan fingerprint density at radius 3 is 2.33 bits per heavy atom. The van der Waals surface area contributed by atoms with Crippen molar-refractivity contribution in [2.24, 2.45) is 5.14 Å². The molecule has 0 saturated heterocycles. The van der Waals surface area contributed by atoms with E-state index in [1.165, 1.54) is 12.1 Å². The Morgan fingerprint density at radius 2 is 1.90 bits per heavy atom. The zero-order chi connectivity index (χ0) is 16.4. The van der Waals surface area contributed by atoms with Gasteiger partial charge in [-0.3, -0.25) is 4.79 Å². The summed E-state index contributed by atoms with van der Waals surface area (Å²) >= 11 is 0. The Morgan fingerprint density at radius 1 is 1.33 bits per heavy atom. The molecule has 118 valence electrons. The highest BCUT2D eigenvalue weighted by atomic mass is 32.2. The van der Waals surface area contributed by atoms with Gasteiger partial charge in [-0.25, -0.2) is 17.9 Å². The van der Waals surface area contributed by atoms with E-state index in [0.717, 1.165) is 6.07 Å². The van der Waals surface area contributed by atoms with Crippen molar-refractivity contribution in [3.8, 4) is 0 Å². The third kappa shape index (κ3) is 5.31. The molecule has 6 nitrogen and oxygen atoms in total. The Balaban J connectivity index is 2.87. The van der Waals surface area contributed by atoms with E-state index < -0.39 is 27.4 Å². The minimum Gasteiger partial charge on any atom is -0.372 e. The summed E-state index contributed by atoms with van der Waals surface area (Å²) in [7, 11) is -3.96. The molecule has 1 amide bonds. The average Bonchev–Trinajstić information content (AvgIpc) is 2.27. The van der Waals surface area contributed by atoms with Crippen LogP contribution in [0.2, 0.25) is 0 Å². The average molecular weight is 317 g/mol. The Kier molecular flexibility index (Phi) is 4.95. The van der Waals surface area contributed by atoms with Crippen LogP contribution in [0.4, 0.5) is 10.1 Å². The molecule has 21 heavy (non-hydrogen) atoms. The first-order chi connectivity index (χ1) is 9.40. The number of carbonyl (C=O) groups excluding carboxylic acids is 1. The second-order valence-electron chi connectivity index (χ2n) is 5.79. The van der Waals surface area contributed by atoms with E-state index in [9.17, 15) is 17.6 Å².